The lowest BCUT2D eigenvalue weighted by Gasteiger charge is -2.37. The molecule has 0 spiro atoms. The van der Waals surface area contributed by atoms with Crippen LogP contribution in [0.5, 0.6) is 0 Å². The van der Waals surface area contributed by atoms with Crippen LogP contribution in [-0.4, -0.2) is 16.0 Å². The lowest BCUT2D eigenvalue weighted by Crippen LogP contribution is -2.49. The fraction of sp³-hybridized carbons (Fsp3) is 0.250. The van der Waals surface area contributed by atoms with E-state index in [-0.39, 0.29) is 17.7 Å². The number of carbonyl (C=O) groups is 1. The van der Waals surface area contributed by atoms with Gasteiger partial charge in [-0.15, -0.1) is 0 Å². The Kier molecular flexibility index (Phi) is 5.89. The number of halogens is 1. The van der Waals surface area contributed by atoms with Gasteiger partial charge in [-0.3, -0.25) is 0 Å². The smallest absolute Gasteiger partial charge is 0.319 e. The van der Waals surface area contributed by atoms with Crippen LogP contribution >= 0.6 is 0 Å². The highest BCUT2D eigenvalue weighted by Crippen LogP contribution is 2.36. The number of amides is 2. The second-order valence-corrected chi connectivity index (χ2v) is 7.66. The lowest BCUT2D eigenvalue weighted by molar-refractivity contribution is 0.209. The van der Waals surface area contributed by atoms with Gasteiger partial charge < -0.3 is 10.6 Å². The van der Waals surface area contributed by atoms with Crippen molar-refractivity contribution in [3.05, 3.63) is 78.1 Å². The summed E-state index contributed by atoms with van der Waals surface area (Å²) < 4.78 is 14.0. The summed E-state index contributed by atoms with van der Waals surface area (Å²) in [5.41, 5.74) is 1.87. The largest absolute Gasteiger partial charge is 0.327 e. The van der Waals surface area contributed by atoms with Crippen molar-refractivity contribution < 1.29 is 9.18 Å². The summed E-state index contributed by atoms with van der Waals surface area (Å²) in [4.78, 5) is 21.1. The van der Waals surface area contributed by atoms with Gasteiger partial charge in [0.15, 0.2) is 0 Å². The molecule has 1 fully saturated rings. The van der Waals surface area contributed by atoms with Gasteiger partial charge in [-0.1, -0.05) is 49.6 Å². The van der Waals surface area contributed by atoms with E-state index in [1.807, 2.05) is 6.07 Å². The summed E-state index contributed by atoms with van der Waals surface area (Å²) >= 11 is 0. The third-order valence-corrected chi connectivity index (χ3v) is 5.63. The number of benzene rings is 2. The molecular weight excluding hydrogens is 393 g/mol. The molecule has 6 nitrogen and oxygen atoms in total. The van der Waals surface area contributed by atoms with E-state index in [1.165, 1.54) is 6.07 Å². The molecule has 2 N–H and O–H groups in total. The third kappa shape index (κ3) is 4.53. The van der Waals surface area contributed by atoms with Gasteiger partial charge in [-0.05, 0) is 42.7 Å². The number of nitrogens with zero attached hydrogens (tertiary/aromatic N) is 3. The van der Waals surface area contributed by atoms with Crippen molar-refractivity contribution in [1.82, 2.24) is 15.3 Å². The Balaban J connectivity index is 1.51. The fourth-order valence-electron chi connectivity index (χ4n) is 4.09. The molecule has 3 aromatic rings. The van der Waals surface area contributed by atoms with Crippen LogP contribution in [0.15, 0.2) is 60.8 Å². The first-order chi connectivity index (χ1) is 15.1. The van der Waals surface area contributed by atoms with Gasteiger partial charge in [-0.25, -0.2) is 19.2 Å². The summed E-state index contributed by atoms with van der Waals surface area (Å²) in [6.07, 6.45) is 6.06. The maximum Gasteiger partial charge on any atom is 0.319 e. The molecule has 1 heterocycles. The maximum absolute atomic E-state index is 14.0. The number of anilines is 1. The Morgan fingerprint density at radius 3 is 2.48 bits per heavy atom. The van der Waals surface area contributed by atoms with Crippen LogP contribution in [0.2, 0.25) is 0 Å². The zero-order valence-corrected chi connectivity index (χ0v) is 16.9. The van der Waals surface area contributed by atoms with Gasteiger partial charge in [0, 0.05) is 17.4 Å². The molecule has 0 bridgehead atoms. The molecule has 0 radical (unpaired) electrons. The maximum atomic E-state index is 14.0. The third-order valence-electron chi connectivity index (χ3n) is 5.63. The topological polar surface area (TPSA) is 90.7 Å². The second kappa shape index (κ2) is 8.92. The highest BCUT2D eigenvalue weighted by molar-refractivity contribution is 5.90. The summed E-state index contributed by atoms with van der Waals surface area (Å²) in [6.45, 7) is 0. The molecule has 31 heavy (non-hydrogen) atoms. The van der Waals surface area contributed by atoms with Gasteiger partial charge in [0.25, 0.3) is 0 Å². The van der Waals surface area contributed by atoms with E-state index in [0.29, 0.717) is 16.9 Å². The molecular formula is C24H22FN5O. The fourth-order valence-corrected chi connectivity index (χ4v) is 4.09. The van der Waals surface area contributed by atoms with Crippen molar-refractivity contribution in [2.45, 2.75) is 37.6 Å². The summed E-state index contributed by atoms with van der Waals surface area (Å²) in [5, 5.41) is 15.1. The Morgan fingerprint density at radius 1 is 1.03 bits per heavy atom. The van der Waals surface area contributed by atoms with E-state index >= 15 is 0 Å². The predicted octanol–water partition coefficient (Wildman–Crippen LogP) is 5.14. The molecule has 0 atom stereocenters. The van der Waals surface area contributed by atoms with Crippen LogP contribution in [0.3, 0.4) is 0 Å². The van der Waals surface area contributed by atoms with Crippen LogP contribution in [0.1, 0.15) is 43.6 Å². The SMILES string of the molecule is N#Cc1nccc(C2(NC(=O)Nc3ccc(-c4ccccc4F)cc3)CCCCC2)n1. The van der Waals surface area contributed by atoms with E-state index in [0.717, 1.165) is 37.7 Å². The van der Waals surface area contributed by atoms with E-state index in [2.05, 4.69) is 20.6 Å². The Morgan fingerprint density at radius 2 is 1.77 bits per heavy atom. The molecule has 0 unspecified atom stereocenters. The van der Waals surface area contributed by atoms with Gasteiger partial charge in [0.1, 0.15) is 11.9 Å². The first kappa shape index (κ1) is 20.5. The van der Waals surface area contributed by atoms with Crippen LogP contribution < -0.4 is 10.6 Å². The minimum Gasteiger partial charge on any atom is -0.327 e. The molecule has 1 saturated carbocycles. The zero-order chi connectivity index (χ0) is 21.7. The minimum atomic E-state index is -0.635. The quantitative estimate of drug-likeness (QED) is 0.618. The number of nitriles is 1. The van der Waals surface area contributed by atoms with Crippen LogP contribution in [0.25, 0.3) is 11.1 Å². The molecule has 1 aromatic heterocycles. The summed E-state index contributed by atoms with van der Waals surface area (Å²) in [5.74, 6) is -0.199. The molecule has 4 rings (SSSR count). The first-order valence-electron chi connectivity index (χ1n) is 10.3. The molecule has 156 valence electrons. The number of hydrogen-bond donors (Lipinski definition) is 2. The van der Waals surface area contributed by atoms with Crippen molar-refractivity contribution in [1.29, 1.82) is 5.26 Å². The molecule has 1 aliphatic carbocycles. The molecule has 1 aliphatic rings. The van der Waals surface area contributed by atoms with E-state index in [9.17, 15) is 9.18 Å². The Hall–Kier alpha value is -3.79. The molecule has 2 aromatic carbocycles. The minimum absolute atomic E-state index is 0.0911. The highest BCUT2D eigenvalue weighted by Gasteiger charge is 2.37. The zero-order valence-electron chi connectivity index (χ0n) is 16.9. The standard InChI is InChI=1S/C24H22FN5O/c25-20-7-3-2-6-19(20)17-8-10-18(11-9-17)28-23(31)30-24(13-4-1-5-14-24)21-12-15-27-22(16-26)29-21/h2-3,6-12,15H,1,4-5,13-14H2,(H2,28,30,31). The van der Waals surface area contributed by atoms with Crippen molar-refractivity contribution in [3.63, 3.8) is 0 Å². The van der Waals surface area contributed by atoms with Gasteiger partial charge in [0.05, 0.1) is 11.2 Å². The first-order valence-corrected chi connectivity index (χ1v) is 10.3. The molecule has 0 saturated heterocycles. The number of aromatic nitrogens is 2. The molecule has 2 amide bonds. The summed E-state index contributed by atoms with van der Waals surface area (Å²) in [6, 6.07) is 17.0. The van der Waals surface area contributed by atoms with Crippen molar-refractivity contribution in [2.24, 2.45) is 0 Å². The number of carbonyl (C=O) groups excluding carboxylic acids is 1. The van der Waals surface area contributed by atoms with Gasteiger partial charge in [0.2, 0.25) is 5.82 Å². The predicted molar refractivity (Wildman–Crippen MR) is 116 cm³/mol. The summed E-state index contributed by atoms with van der Waals surface area (Å²) in [7, 11) is 0. The average molecular weight is 415 g/mol. The van der Waals surface area contributed by atoms with Crippen LogP contribution in [-0.2, 0) is 5.54 Å². The van der Waals surface area contributed by atoms with Crippen molar-refractivity contribution in [2.75, 3.05) is 5.32 Å². The average Bonchev–Trinajstić information content (AvgIpc) is 2.80. The van der Waals surface area contributed by atoms with E-state index < -0.39 is 5.54 Å². The Bertz CT molecular complexity index is 1120. The number of rotatable bonds is 4. The molecule has 7 heteroatoms. The van der Waals surface area contributed by atoms with Crippen molar-refractivity contribution in [3.8, 4) is 17.2 Å². The van der Waals surface area contributed by atoms with E-state index in [1.54, 1.807) is 54.7 Å². The number of urea groups is 1. The number of nitrogens with one attached hydrogen (secondary N) is 2. The van der Waals surface area contributed by atoms with Crippen LogP contribution in [0, 0.1) is 17.1 Å². The van der Waals surface area contributed by atoms with E-state index in [4.69, 9.17) is 5.26 Å². The van der Waals surface area contributed by atoms with Crippen LogP contribution in [0.4, 0.5) is 14.9 Å². The second-order valence-electron chi connectivity index (χ2n) is 7.66. The highest BCUT2D eigenvalue weighted by atomic mass is 19.1. The normalized spacial score (nSPS) is 15.0. The van der Waals surface area contributed by atoms with Gasteiger partial charge in [-0.2, -0.15) is 5.26 Å². The van der Waals surface area contributed by atoms with Gasteiger partial charge >= 0.3 is 6.03 Å². The monoisotopic (exact) mass is 415 g/mol. The lowest BCUT2D eigenvalue weighted by atomic mass is 9.79. The molecule has 0 aliphatic heterocycles. The Labute approximate surface area is 180 Å². The van der Waals surface area contributed by atoms with Crippen molar-refractivity contribution >= 4 is 11.7 Å². The number of hydrogen-bond acceptors (Lipinski definition) is 4.